The first-order valence-electron chi connectivity index (χ1n) is 11.1. The third kappa shape index (κ3) is 5.26. The maximum atomic E-state index is 13.1. The number of halogens is 3. The molecule has 1 fully saturated rings. The molecule has 4 rings (SSSR count). The number of aromatic nitrogens is 4. The molecule has 0 spiro atoms. The number of amides is 1. The molecule has 3 aromatic rings. The molecule has 0 unspecified atom stereocenters. The molecule has 1 saturated heterocycles. The van der Waals surface area contributed by atoms with Crippen LogP contribution in [0.4, 0.5) is 19.0 Å². The Hall–Kier alpha value is -3.17. The van der Waals surface area contributed by atoms with Crippen molar-refractivity contribution in [2.45, 2.75) is 45.3 Å². The Morgan fingerprint density at radius 1 is 1.09 bits per heavy atom. The first-order chi connectivity index (χ1) is 15.7. The van der Waals surface area contributed by atoms with Crippen LogP contribution in [0.3, 0.4) is 0 Å². The summed E-state index contributed by atoms with van der Waals surface area (Å²) in [5.41, 5.74) is 1.13. The quantitative estimate of drug-likeness (QED) is 0.595. The number of hydrogen-bond acceptors (Lipinski definition) is 5. The molecule has 0 radical (unpaired) electrons. The van der Waals surface area contributed by atoms with Gasteiger partial charge in [-0.05, 0) is 42.9 Å². The van der Waals surface area contributed by atoms with E-state index in [0.29, 0.717) is 37.7 Å². The van der Waals surface area contributed by atoms with Crippen molar-refractivity contribution < 1.29 is 18.0 Å². The Labute approximate surface area is 190 Å². The highest BCUT2D eigenvalue weighted by Crippen LogP contribution is 2.29. The summed E-state index contributed by atoms with van der Waals surface area (Å²) in [4.78, 5) is 14.9. The lowest BCUT2D eigenvalue weighted by atomic mass is 9.93. The van der Waals surface area contributed by atoms with E-state index in [4.69, 9.17) is 0 Å². The van der Waals surface area contributed by atoms with E-state index in [-0.39, 0.29) is 23.5 Å². The van der Waals surface area contributed by atoms with Crippen molar-refractivity contribution >= 4 is 17.4 Å². The van der Waals surface area contributed by atoms with Crippen molar-refractivity contribution in [3.8, 4) is 0 Å². The smallest absolute Gasteiger partial charge is 0.355 e. The summed E-state index contributed by atoms with van der Waals surface area (Å²) in [5, 5.41) is 14.1. The number of carbonyl (C=O) groups is 1. The second-order valence-electron chi connectivity index (χ2n) is 8.85. The number of benzene rings is 1. The number of nitrogens with one attached hydrogen (secondary N) is 1. The highest BCUT2D eigenvalue weighted by molar-refractivity contribution is 5.79. The topological polar surface area (TPSA) is 75.4 Å². The van der Waals surface area contributed by atoms with E-state index in [0.717, 1.165) is 16.5 Å². The molecule has 176 valence electrons. The summed E-state index contributed by atoms with van der Waals surface area (Å²) in [7, 11) is 0. The number of anilines is 1. The number of carbonyl (C=O) groups excluding carboxylic acids is 1. The van der Waals surface area contributed by atoms with E-state index < -0.39 is 12.0 Å². The summed E-state index contributed by atoms with van der Waals surface area (Å²) in [6.45, 7) is 5.31. The average Bonchev–Trinajstić information content (AvgIpc) is 3.23. The molecule has 2 aromatic heterocycles. The second-order valence-corrected chi connectivity index (χ2v) is 8.85. The predicted octanol–water partition coefficient (Wildman–Crippen LogP) is 4.26. The van der Waals surface area contributed by atoms with Gasteiger partial charge in [0.1, 0.15) is 5.82 Å². The SMILES string of the molecule is CC(C)C[C@H](NC(=O)C1CCN(c2ccc3nnc(C(F)(F)F)n3n2)CC1)c1ccccc1. The fraction of sp³-hybridized carbons (Fsp3) is 0.478. The maximum absolute atomic E-state index is 13.1. The zero-order chi connectivity index (χ0) is 23.6. The normalized spacial score (nSPS) is 16.4. The van der Waals surface area contributed by atoms with Gasteiger partial charge in [0.25, 0.3) is 5.82 Å². The Kier molecular flexibility index (Phi) is 6.53. The molecule has 1 amide bonds. The second kappa shape index (κ2) is 9.36. The summed E-state index contributed by atoms with van der Waals surface area (Å²) in [5.74, 6) is -0.438. The molecule has 1 aliphatic heterocycles. The summed E-state index contributed by atoms with van der Waals surface area (Å²) in [6.07, 6.45) is -2.59. The zero-order valence-electron chi connectivity index (χ0n) is 18.6. The lowest BCUT2D eigenvalue weighted by molar-refractivity contribution is -0.146. The van der Waals surface area contributed by atoms with E-state index in [2.05, 4.69) is 34.5 Å². The van der Waals surface area contributed by atoms with Gasteiger partial charge in [-0.15, -0.1) is 15.3 Å². The molecule has 10 heteroatoms. The van der Waals surface area contributed by atoms with Gasteiger partial charge in [0.2, 0.25) is 5.91 Å². The van der Waals surface area contributed by atoms with Gasteiger partial charge in [-0.3, -0.25) is 4.79 Å². The third-order valence-electron chi connectivity index (χ3n) is 5.92. The number of alkyl halides is 3. The van der Waals surface area contributed by atoms with E-state index >= 15 is 0 Å². The van der Waals surface area contributed by atoms with Gasteiger partial charge in [-0.25, -0.2) is 0 Å². The van der Waals surface area contributed by atoms with Crippen molar-refractivity contribution in [3.63, 3.8) is 0 Å². The van der Waals surface area contributed by atoms with Crippen molar-refractivity contribution in [1.29, 1.82) is 0 Å². The summed E-state index contributed by atoms with van der Waals surface area (Å²) >= 11 is 0. The molecule has 33 heavy (non-hydrogen) atoms. The molecular formula is C23H27F3N6O. The monoisotopic (exact) mass is 460 g/mol. The van der Waals surface area contributed by atoms with Crippen LogP contribution >= 0.6 is 0 Å². The lowest BCUT2D eigenvalue weighted by Crippen LogP contribution is -2.42. The molecule has 0 bridgehead atoms. The Morgan fingerprint density at radius 2 is 1.79 bits per heavy atom. The van der Waals surface area contributed by atoms with Crippen LogP contribution in [-0.4, -0.2) is 38.8 Å². The molecule has 0 saturated carbocycles. The Morgan fingerprint density at radius 3 is 2.42 bits per heavy atom. The van der Waals surface area contributed by atoms with Crippen molar-refractivity contribution in [1.82, 2.24) is 25.1 Å². The molecule has 1 aromatic carbocycles. The molecule has 3 heterocycles. The maximum Gasteiger partial charge on any atom is 0.453 e. The molecule has 1 atom stereocenters. The summed E-state index contributed by atoms with van der Waals surface area (Å²) in [6, 6.07) is 13.0. The standard InChI is InChI=1S/C23H27F3N6O/c1-15(2)14-18(16-6-4-3-5-7-16)27-21(33)17-10-12-31(13-11-17)20-9-8-19-28-29-22(23(24,25)26)32(19)30-20/h3-9,15,17-18H,10-14H2,1-2H3,(H,27,33)/t18-/m0/s1. The minimum Gasteiger partial charge on any atom is -0.355 e. The van der Waals surface area contributed by atoms with Crippen molar-refractivity contribution in [2.75, 3.05) is 18.0 Å². The van der Waals surface area contributed by atoms with Gasteiger partial charge < -0.3 is 10.2 Å². The number of piperidine rings is 1. The van der Waals surface area contributed by atoms with Gasteiger partial charge in [-0.2, -0.15) is 17.7 Å². The average molecular weight is 461 g/mol. The Bertz CT molecular complexity index is 1090. The molecule has 1 aliphatic rings. The van der Waals surface area contributed by atoms with E-state index in [1.54, 1.807) is 6.07 Å². The lowest BCUT2D eigenvalue weighted by Gasteiger charge is -2.33. The van der Waals surface area contributed by atoms with Crippen LogP contribution in [0.25, 0.3) is 5.65 Å². The van der Waals surface area contributed by atoms with Gasteiger partial charge in [0, 0.05) is 19.0 Å². The molecule has 0 aliphatic carbocycles. The van der Waals surface area contributed by atoms with Crippen molar-refractivity contribution in [3.05, 3.63) is 53.9 Å². The van der Waals surface area contributed by atoms with Crippen LogP contribution < -0.4 is 10.2 Å². The van der Waals surface area contributed by atoms with E-state index in [1.165, 1.54) is 6.07 Å². The highest BCUT2D eigenvalue weighted by atomic mass is 19.4. The molecule has 7 nitrogen and oxygen atoms in total. The third-order valence-corrected chi connectivity index (χ3v) is 5.92. The molecule has 1 N–H and O–H groups in total. The van der Waals surface area contributed by atoms with Crippen LogP contribution in [0.2, 0.25) is 0 Å². The minimum absolute atomic E-state index is 0.0192. The fourth-order valence-electron chi connectivity index (χ4n) is 4.22. The minimum atomic E-state index is -4.64. The van der Waals surface area contributed by atoms with Gasteiger partial charge in [0.15, 0.2) is 5.65 Å². The first-order valence-corrected chi connectivity index (χ1v) is 11.1. The highest BCUT2D eigenvalue weighted by Gasteiger charge is 2.38. The Balaban J connectivity index is 1.41. The van der Waals surface area contributed by atoms with Crippen molar-refractivity contribution in [2.24, 2.45) is 11.8 Å². The van der Waals surface area contributed by atoms with Crippen LogP contribution in [0.15, 0.2) is 42.5 Å². The zero-order valence-corrected chi connectivity index (χ0v) is 18.6. The van der Waals surface area contributed by atoms with E-state index in [9.17, 15) is 18.0 Å². The van der Waals surface area contributed by atoms with Gasteiger partial charge in [0.05, 0.1) is 6.04 Å². The van der Waals surface area contributed by atoms with Crippen LogP contribution in [-0.2, 0) is 11.0 Å². The first kappa shape index (κ1) is 23.0. The van der Waals surface area contributed by atoms with Crippen LogP contribution in [0.1, 0.15) is 50.5 Å². The van der Waals surface area contributed by atoms with Gasteiger partial charge >= 0.3 is 6.18 Å². The number of nitrogens with zero attached hydrogens (tertiary/aromatic N) is 5. The largest absolute Gasteiger partial charge is 0.453 e. The number of hydrogen-bond donors (Lipinski definition) is 1. The van der Waals surface area contributed by atoms with E-state index in [1.807, 2.05) is 35.2 Å². The number of rotatable bonds is 6. The van der Waals surface area contributed by atoms with Gasteiger partial charge in [-0.1, -0.05) is 44.2 Å². The summed E-state index contributed by atoms with van der Waals surface area (Å²) < 4.78 is 40.2. The fourth-order valence-corrected chi connectivity index (χ4v) is 4.22. The predicted molar refractivity (Wildman–Crippen MR) is 118 cm³/mol. The molecular weight excluding hydrogens is 433 g/mol. The van der Waals surface area contributed by atoms with Crippen LogP contribution in [0, 0.1) is 11.8 Å². The van der Waals surface area contributed by atoms with Crippen LogP contribution in [0.5, 0.6) is 0 Å². The number of fused-ring (bicyclic) bond motifs is 1.